The van der Waals surface area contributed by atoms with Crippen LogP contribution in [0.2, 0.25) is 5.02 Å². The van der Waals surface area contributed by atoms with Crippen LogP contribution >= 0.6 is 11.6 Å². The number of sulfone groups is 1. The van der Waals surface area contributed by atoms with Crippen molar-refractivity contribution in [2.75, 3.05) is 11.0 Å². The Balaban J connectivity index is 1.36. The van der Waals surface area contributed by atoms with Gasteiger partial charge in [0.2, 0.25) is 11.7 Å². The molecule has 2 fully saturated rings. The molecule has 2 saturated carbocycles. The summed E-state index contributed by atoms with van der Waals surface area (Å²) in [7, 11) is -1.88. The number of anilines is 1. The average molecular weight is 892 g/mol. The van der Waals surface area contributed by atoms with Crippen molar-refractivity contribution in [2.24, 2.45) is 7.05 Å². The number of alkyl halides is 3. The molecule has 7 rings (SSSR count). The molecule has 0 saturated heterocycles. The molecule has 2 aliphatic carbocycles. The topological polar surface area (TPSA) is 147 Å². The Kier molecular flexibility index (Phi) is 11.9. The van der Waals surface area contributed by atoms with Crippen LogP contribution in [-0.2, 0) is 52.2 Å². The monoisotopic (exact) mass is 891 g/mol. The molecular formula is C41H43ClF5N7O4S2. The third-order valence-corrected chi connectivity index (χ3v) is 14.5. The number of fused-ring (bicyclic) bond motifs is 1. The van der Waals surface area contributed by atoms with Crippen LogP contribution in [0.4, 0.5) is 27.8 Å². The molecule has 2 aromatic carbocycles. The molecule has 2 aliphatic rings. The first-order chi connectivity index (χ1) is 28.1. The van der Waals surface area contributed by atoms with E-state index in [0.29, 0.717) is 70.7 Å². The molecule has 0 spiro atoms. The fraction of sp³-hybridized carbons (Fsp3) is 0.415. The first kappa shape index (κ1) is 43.6. The summed E-state index contributed by atoms with van der Waals surface area (Å²) in [6.07, 6.45) is 0.460. The Morgan fingerprint density at radius 1 is 1.03 bits per heavy atom. The highest BCUT2D eigenvalue weighted by Crippen LogP contribution is 2.43. The van der Waals surface area contributed by atoms with Gasteiger partial charge in [-0.15, -0.1) is 0 Å². The molecule has 1 unspecified atom stereocenters. The summed E-state index contributed by atoms with van der Waals surface area (Å²) < 4.78 is 114. The third-order valence-electron chi connectivity index (χ3n) is 10.7. The van der Waals surface area contributed by atoms with Gasteiger partial charge in [0.1, 0.15) is 17.9 Å². The van der Waals surface area contributed by atoms with Gasteiger partial charge in [-0.25, -0.2) is 17.2 Å². The lowest BCUT2D eigenvalue weighted by Crippen LogP contribution is -2.33. The average Bonchev–Trinajstić information content (AvgIpc) is 4.09. The normalized spacial score (nSPS) is 16.3. The lowest BCUT2D eigenvalue weighted by molar-refractivity contribution is -0.141. The van der Waals surface area contributed by atoms with Gasteiger partial charge < -0.3 is 9.87 Å². The second kappa shape index (κ2) is 16.4. The van der Waals surface area contributed by atoms with Crippen molar-refractivity contribution in [2.45, 2.75) is 94.0 Å². The van der Waals surface area contributed by atoms with Crippen LogP contribution in [0.5, 0.6) is 0 Å². The number of nitrogens with one attached hydrogen (secondary N) is 2. The molecule has 5 aromatic rings. The second-order valence-electron chi connectivity index (χ2n) is 16.0. The van der Waals surface area contributed by atoms with Crippen molar-refractivity contribution in [1.82, 2.24) is 29.9 Å². The first-order valence-electron chi connectivity index (χ1n) is 19.2. The predicted molar refractivity (Wildman–Crippen MR) is 221 cm³/mol. The van der Waals surface area contributed by atoms with Gasteiger partial charge in [-0.1, -0.05) is 29.8 Å². The highest BCUT2D eigenvalue weighted by molar-refractivity contribution is 7.93. The molecule has 60 heavy (non-hydrogen) atoms. The van der Waals surface area contributed by atoms with Gasteiger partial charge in [0.25, 0.3) is 0 Å². The van der Waals surface area contributed by atoms with Crippen LogP contribution in [0, 0.1) is 11.6 Å². The molecule has 19 heteroatoms. The van der Waals surface area contributed by atoms with Crippen molar-refractivity contribution < 1.29 is 39.7 Å². The summed E-state index contributed by atoms with van der Waals surface area (Å²) in [5.74, 6) is -2.18. The summed E-state index contributed by atoms with van der Waals surface area (Å²) in [5.41, 5.74) is 2.01. The van der Waals surface area contributed by atoms with E-state index in [1.54, 1.807) is 58.2 Å². The number of benzene rings is 2. The standard InChI is InChI=1S/C41H43ClF5N7O4S2/c1-22(21-40(2,3)60(57,58)27-8-9-27)31-13-11-28(29-10-12-30(42)36-38(29)53(4)51-39(36)52-59(5)56)37(49-31)32(18-23-16-25(43)19-26(44)17-23)48-35(55)14-15-54-33(24-6-7-24)20-34(50-54)41(45,46)47/h10-13,16-17,19-21,24,27,32H,6-9,14-15,18H2,1-5H3,(H,48,55)(H,51,52)/b22-21+/t32-,59?/m0/s1. The molecule has 3 aromatic heterocycles. The molecule has 11 nitrogen and oxygen atoms in total. The molecule has 3 heterocycles. The third kappa shape index (κ3) is 9.21. The lowest BCUT2D eigenvalue weighted by atomic mass is 9.93. The molecule has 1 amide bonds. The quantitative estimate of drug-likeness (QED) is 0.0785. The number of allylic oxidation sites excluding steroid dienone is 1. The van der Waals surface area contributed by atoms with Gasteiger partial charge in [-0.2, -0.15) is 28.1 Å². The summed E-state index contributed by atoms with van der Waals surface area (Å²) in [6, 6.07) is 9.60. The molecular weight excluding hydrogens is 849 g/mol. The molecule has 2 N–H and O–H groups in total. The maximum atomic E-state index is 14.7. The maximum absolute atomic E-state index is 14.7. The minimum absolute atomic E-state index is 0.0985. The highest BCUT2D eigenvalue weighted by Gasteiger charge is 2.45. The Labute approximate surface area is 352 Å². The Bertz CT molecular complexity index is 2600. The van der Waals surface area contributed by atoms with Crippen molar-refractivity contribution in [3.63, 3.8) is 0 Å². The molecule has 320 valence electrons. The number of carbonyl (C=O) groups is 1. The number of aryl methyl sites for hydroxylation is 2. The number of amides is 1. The number of pyridine rings is 1. The Morgan fingerprint density at radius 3 is 2.32 bits per heavy atom. The number of hydrogen-bond acceptors (Lipinski definition) is 8. The van der Waals surface area contributed by atoms with E-state index < -0.39 is 66.6 Å². The number of hydrogen-bond donors (Lipinski definition) is 2. The van der Waals surface area contributed by atoms with Gasteiger partial charge in [-0.3, -0.25) is 19.1 Å². The minimum Gasteiger partial charge on any atom is -0.593 e. The van der Waals surface area contributed by atoms with E-state index in [0.717, 1.165) is 18.2 Å². The van der Waals surface area contributed by atoms with Crippen LogP contribution in [-0.4, -0.2) is 59.7 Å². The van der Waals surface area contributed by atoms with Crippen LogP contribution in [0.15, 0.2) is 54.6 Å². The van der Waals surface area contributed by atoms with Crippen molar-refractivity contribution in [3.8, 4) is 11.1 Å². The summed E-state index contributed by atoms with van der Waals surface area (Å²) in [5, 5.41) is 11.5. The van der Waals surface area contributed by atoms with E-state index in [4.69, 9.17) is 16.6 Å². The first-order valence-corrected chi connectivity index (χ1v) is 22.7. The van der Waals surface area contributed by atoms with Crippen molar-refractivity contribution >= 4 is 61.0 Å². The highest BCUT2D eigenvalue weighted by atomic mass is 35.5. The Hall–Kier alpha value is -4.52. The van der Waals surface area contributed by atoms with Gasteiger partial charge in [0.15, 0.2) is 15.5 Å². The van der Waals surface area contributed by atoms with Gasteiger partial charge >= 0.3 is 6.18 Å². The fourth-order valence-corrected chi connectivity index (χ4v) is 10.2. The number of rotatable bonds is 15. The SMILES string of the molecule is C/C(=C\C(C)(C)S(=O)(=O)C1CC1)c1ccc(-c2ccc(Cl)c3c(N[S+](C)[O-])nn(C)c23)c([C@H](Cc2cc(F)cc(F)c2)NC(=O)CCn2nc(C(F)(F)F)cc2C2CC2)n1. The van der Waals surface area contributed by atoms with Crippen LogP contribution < -0.4 is 10.0 Å². The van der Waals surface area contributed by atoms with Crippen LogP contribution in [0.25, 0.3) is 27.6 Å². The minimum atomic E-state index is -4.68. The Morgan fingerprint density at radius 2 is 1.70 bits per heavy atom. The number of halogens is 6. The van der Waals surface area contributed by atoms with Gasteiger partial charge in [0, 0.05) is 48.8 Å². The summed E-state index contributed by atoms with van der Waals surface area (Å²) in [6.45, 7) is 4.78. The summed E-state index contributed by atoms with van der Waals surface area (Å²) in [4.78, 5) is 19.0. The van der Waals surface area contributed by atoms with Crippen LogP contribution in [0.1, 0.15) is 93.2 Å². The van der Waals surface area contributed by atoms with E-state index >= 15 is 0 Å². The van der Waals surface area contributed by atoms with E-state index in [-0.39, 0.29) is 47.4 Å². The van der Waals surface area contributed by atoms with Gasteiger partial charge in [0.05, 0.1) is 54.7 Å². The lowest BCUT2D eigenvalue weighted by Gasteiger charge is -2.24. The maximum Gasteiger partial charge on any atom is 0.435 e. The predicted octanol–water partition coefficient (Wildman–Crippen LogP) is 8.61. The smallest absolute Gasteiger partial charge is 0.435 e. The van der Waals surface area contributed by atoms with Gasteiger partial charge in [-0.05, 0) is 94.3 Å². The van der Waals surface area contributed by atoms with E-state index in [2.05, 4.69) is 20.2 Å². The summed E-state index contributed by atoms with van der Waals surface area (Å²) >= 11 is 5.18. The number of nitrogens with zero attached hydrogens (tertiary/aromatic N) is 5. The van der Waals surface area contributed by atoms with E-state index in [9.17, 15) is 39.7 Å². The van der Waals surface area contributed by atoms with Crippen molar-refractivity contribution in [3.05, 3.63) is 99.6 Å². The fourth-order valence-electron chi connectivity index (χ4n) is 7.59. The zero-order chi connectivity index (χ0) is 43.5. The molecule has 0 radical (unpaired) electrons. The number of aromatic nitrogens is 5. The molecule has 2 atom stereocenters. The number of carbonyl (C=O) groups excluding carboxylic acids is 1. The van der Waals surface area contributed by atoms with Crippen LogP contribution in [0.3, 0.4) is 0 Å². The zero-order valence-electron chi connectivity index (χ0n) is 33.3. The molecule has 0 bridgehead atoms. The largest absolute Gasteiger partial charge is 0.593 e. The molecule has 0 aliphatic heterocycles. The van der Waals surface area contributed by atoms with E-state index in [1.165, 1.54) is 15.6 Å². The van der Waals surface area contributed by atoms with E-state index in [1.807, 2.05) is 0 Å². The van der Waals surface area contributed by atoms with Crippen molar-refractivity contribution in [1.29, 1.82) is 0 Å². The second-order valence-corrected chi connectivity index (χ2v) is 20.3. The zero-order valence-corrected chi connectivity index (χ0v) is 35.7.